The number of rotatable bonds is 2. The number of thiocarbonyl (C=S) groups is 1. The third kappa shape index (κ3) is 2.88. The molecule has 8 heteroatoms. The third-order valence-electron chi connectivity index (χ3n) is 1.69. The molecule has 0 atom stereocenters. The molecule has 0 saturated heterocycles. The SMILES string of the molecule is N#CC(F)(F)NC(=S)c1ccc(F)c(F)c1F. The maximum Gasteiger partial charge on any atom is 0.413 e. The van der Waals surface area contributed by atoms with Crippen LogP contribution < -0.4 is 5.32 Å². The summed E-state index contributed by atoms with van der Waals surface area (Å²) in [6, 6.07) is -2.23. The first kappa shape index (κ1) is 13.3. The summed E-state index contributed by atoms with van der Waals surface area (Å²) in [7, 11) is 0. The van der Waals surface area contributed by atoms with E-state index in [1.165, 1.54) is 5.32 Å². The maximum atomic E-state index is 13.1. The van der Waals surface area contributed by atoms with Crippen molar-refractivity contribution in [3.63, 3.8) is 0 Å². The lowest BCUT2D eigenvalue weighted by atomic mass is 10.2. The highest BCUT2D eigenvalue weighted by Gasteiger charge is 2.30. The molecule has 0 aliphatic carbocycles. The van der Waals surface area contributed by atoms with Crippen LogP contribution >= 0.6 is 12.2 Å². The standard InChI is InChI=1S/C9H3F5N2S/c10-5-2-1-4(6(11)7(5)12)8(17)16-9(13,14)3-15/h1-2H,(H,16,17). The Morgan fingerprint density at radius 2 is 1.82 bits per heavy atom. The first-order valence-electron chi connectivity index (χ1n) is 4.03. The molecule has 1 aromatic carbocycles. The van der Waals surface area contributed by atoms with Gasteiger partial charge in [-0.05, 0) is 12.1 Å². The molecular formula is C9H3F5N2S. The highest BCUT2D eigenvalue weighted by molar-refractivity contribution is 7.80. The number of nitriles is 1. The molecule has 0 radical (unpaired) electrons. The molecule has 1 N–H and O–H groups in total. The molecule has 90 valence electrons. The molecular weight excluding hydrogens is 263 g/mol. The lowest BCUT2D eigenvalue weighted by molar-refractivity contribution is 0.0484. The van der Waals surface area contributed by atoms with E-state index in [-0.39, 0.29) is 0 Å². The van der Waals surface area contributed by atoms with Crippen LogP contribution in [0.5, 0.6) is 0 Å². The summed E-state index contributed by atoms with van der Waals surface area (Å²) in [4.78, 5) is -0.895. The van der Waals surface area contributed by atoms with Crippen LogP contribution in [0, 0.1) is 28.8 Å². The van der Waals surface area contributed by atoms with E-state index in [2.05, 4.69) is 12.2 Å². The van der Waals surface area contributed by atoms with Gasteiger partial charge in [0.1, 0.15) is 4.99 Å². The Labute approximate surface area is 97.7 Å². The Hall–Kier alpha value is -1.75. The van der Waals surface area contributed by atoms with Crippen LogP contribution in [0.3, 0.4) is 0 Å². The maximum absolute atomic E-state index is 13.1. The fourth-order valence-electron chi connectivity index (χ4n) is 0.939. The molecule has 0 bridgehead atoms. The van der Waals surface area contributed by atoms with Crippen molar-refractivity contribution in [2.45, 2.75) is 6.05 Å². The predicted octanol–water partition coefficient (Wildman–Crippen LogP) is 2.49. The molecule has 0 aliphatic rings. The van der Waals surface area contributed by atoms with Gasteiger partial charge in [0.05, 0.1) is 0 Å². The smallest absolute Gasteiger partial charge is 0.304 e. The Morgan fingerprint density at radius 3 is 2.35 bits per heavy atom. The van der Waals surface area contributed by atoms with Gasteiger partial charge in [0.2, 0.25) is 0 Å². The van der Waals surface area contributed by atoms with Crippen LogP contribution in [0.25, 0.3) is 0 Å². The molecule has 1 aromatic rings. The van der Waals surface area contributed by atoms with Crippen molar-refractivity contribution in [2.75, 3.05) is 0 Å². The summed E-state index contributed by atoms with van der Waals surface area (Å²) in [6.07, 6.45) is 0. The summed E-state index contributed by atoms with van der Waals surface area (Å²) >= 11 is 4.35. The fourth-order valence-corrected chi connectivity index (χ4v) is 1.22. The number of nitrogens with zero attached hydrogens (tertiary/aromatic N) is 1. The van der Waals surface area contributed by atoms with Crippen molar-refractivity contribution in [1.82, 2.24) is 5.32 Å². The van der Waals surface area contributed by atoms with Crippen molar-refractivity contribution < 1.29 is 22.0 Å². The van der Waals surface area contributed by atoms with E-state index in [0.29, 0.717) is 18.2 Å². The summed E-state index contributed by atoms with van der Waals surface area (Å²) in [5, 5.41) is 9.23. The van der Waals surface area contributed by atoms with Crippen LogP contribution in [0.1, 0.15) is 5.56 Å². The molecule has 0 fully saturated rings. The van der Waals surface area contributed by atoms with E-state index >= 15 is 0 Å². The van der Waals surface area contributed by atoms with Gasteiger partial charge in [0.15, 0.2) is 23.5 Å². The lowest BCUT2D eigenvalue weighted by Gasteiger charge is -2.13. The quantitative estimate of drug-likeness (QED) is 0.386. The molecule has 0 amide bonds. The molecule has 0 saturated carbocycles. The molecule has 17 heavy (non-hydrogen) atoms. The van der Waals surface area contributed by atoms with Gasteiger partial charge >= 0.3 is 6.05 Å². The summed E-state index contributed by atoms with van der Waals surface area (Å²) in [6.45, 7) is 0. The molecule has 0 aliphatic heterocycles. The third-order valence-corrected chi connectivity index (χ3v) is 2.01. The highest BCUT2D eigenvalue weighted by Crippen LogP contribution is 2.17. The van der Waals surface area contributed by atoms with E-state index < -0.39 is 34.1 Å². The van der Waals surface area contributed by atoms with E-state index in [1.807, 2.05) is 0 Å². The minimum atomic E-state index is -4.02. The van der Waals surface area contributed by atoms with Gasteiger partial charge in [-0.15, -0.1) is 0 Å². The van der Waals surface area contributed by atoms with Gasteiger partial charge in [-0.25, -0.2) is 13.2 Å². The zero-order valence-electron chi connectivity index (χ0n) is 7.90. The highest BCUT2D eigenvalue weighted by atomic mass is 32.1. The summed E-state index contributed by atoms with van der Waals surface area (Å²) < 4.78 is 63.5. The second-order valence-corrected chi connectivity index (χ2v) is 3.27. The lowest BCUT2D eigenvalue weighted by Crippen LogP contribution is -2.39. The topological polar surface area (TPSA) is 35.8 Å². The monoisotopic (exact) mass is 266 g/mol. The Bertz CT molecular complexity index is 509. The number of nitrogens with one attached hydrogen (secondary N) is 1. The van der Waals surface area contributed by atoms with Crippen LogP contribution in [-0.2, 0) is 0 Å². The Balaban J connectivity index is 3.08. The zero-order chi connectivity index (χ0) is 13.2. The van der Waals surface area contributed by atoms with Crippen LogP contribution in [-0.4, -0.2) is 11.0 Å². The molecule has 0 aromatic heterocycles. The van der Waals surface area contributed by atoms with Gasteiger partial charge in [-0.1, -0.05) is 12.2 Å². The van der Waals surface area contributed by atoms with Gasteiger partial charge in [-0.3, -0.25) is 0 Å². The van der Waals surface area contributed by atoms with Gasteiger partial charge in [0.25, 0.3) is 0 Å². The molecule has 1 rings (SSSR count). The zero-order valence-corrected chi connectivity index (χ0v) is 8.72. The number of benzene rings is 1. The minimum Gasteiger partial charge on any atom is -0.304 e. The first-order chi connectivity index (χ1) is 7.78. The number of alkyl halides is 2. The summed E-state index contributed by atoms with van der Waals surface area (Å²) in [5.74, 6) is -5.00. The van der Waals surface area contributed by atoms with Crippen molar-refractivity contribution in [3.8, 4) is 6.07 Å². The van der Waals surface area contributed by atoms with E-state index in [0.717, 1.165) is 0 Å². The fraction of sp³-hybridized carbons (Fsp3) is 0.111. The largest absolute Gasteiger partial charge is 0.413 e. The second kappa shape index (κ2) is 4.63. The van der Waals surface area contributed by atoms with Gasteiger partial charge < -0.3 is 5.32 Å². The number of halogens is 5. The number of hydrogen-bond donors (Lipinski definition) is 1. The first-order valence-corrected chi connectivity index (χ1v) is 4.44. The minimum absolute atomic E-state index is 0.534. The molecule has 0 unspecified atom stereocenters. The van der Waals surface area contributed by atoms with Crippen molar-refractivity contribution in [3.05, 3.63) is 35.1 Å². The van der Waals surface area contributed by atoms with Crippen molar-refractivity contribution in [1.29, 1.82) is 5.26 Å². The number of hydrogen-bond acceptors (Lipinski definition) is 2. The normalized spacial score (nSPS) is 10.8. The van der Waals surface area contributed by atoms with Crippen LogP contribution in [0.4, 0.5) is 22.0 Å². The van der Waals surface area contributed by atoms with Gasteiger partial charge in [-0.2, -0.15) is 14.0 Å². The second-order valence-electron chi connectivity index (χ2n) is 2.86. The average molecular weight is 266 g/mol. The predicted molar refractivity (Wildman–Crippen MR) is 51.7 cm³/mol. The molecule has 2 nitrogen and oxygen atoms in total. The van der Waals surface area contributed by atoms with Crippen LogP contribution in [0.2, 0.25) is 0 Å². The van der Waals surface area contributed by atoms with Gasteiger partial charge in [0, 0.05) is 5.56 Å². The Morgan fingerprint density at radius 1 is 1.24 bits per heavy atom. The van der Waals surface area contributed by atoms with Crippen LogP contribution in [0.15, 0.2) is 12.1 Å². The summed E-state index contributed by atoms with van der Waals surface area (Å²) in [5.41, 5.74) is -0.756. The molecule has 0 spiro atoms. The average Bonchev–Trinajstić information content (AvgIpc) is 2.25. The van der Waals surface area contributed by atoms with E-state index in [9.17, 15) is 22.0 Å². The van der Waals surface area contributed by atoms with Crippen molar-refractivity contribution in [2.24, 2.45) is 0 Å². The Kier molecular flexibility index (Phi) is 3.63. The van der Waals surface area contributed by atoms with E-state index in [1.54, 1.807) is 0 Å². The van der Waals surface area contributed by atoms with Crippen molar-refractivity contribution >= 4 is 17.2 Å². The molecule has 0 heterocycles. The van der Waals surface area contributed by atoms with E-state index in [4.69, 9.17) is 5.26 Å².